The summed E-state index contributed by atoms with van der Waals surface area (Å²) in [7, 11) is 0. The fraction of sp³-hybridized carbons (Fsp3) is 0.588. The molecule has 0 aliphatic carbocycles. The van der Waals surface area contributed by atoms with E-state index in [1.165, 1.54) is 0 Å². The molecule has 2 aliphatic rings. The fourth-order valence-electron chi connectivity index (χ4n) is 3.07. The Labute approximate surface area is 135 Å². The Hall–Kier alpha value is -1.49. The van der Waals surface area contributed by atoms with E-state index in [9.17, 15) is 10.4 Å². The summed E-state index contributed by atoms with van der Waals surface area (Å²) in [6.45, 7) is 3.83. The van der Waals surface area contributed by atoms with Crippen molar-refractivity contribution < 1.29 is 24.1 Å². The molecule has 124 valence electrons. The second-order valence-corrected chi connectivity index (χ2v) is 6.34. The van der Waals surface area contributed by atoms with Crippen LogP contribution in [-0.2, 0) is 25.6 Å². The Morgan fingerprint density at radius 2 is 1.96 bits per heavy atom. The highest BCUT2D eigenvalue weighted by molar-refractivity contribution is 5.18. The van der Waals surface area contributed by atoms with Crippen molar-refractivity contribution in [1.29, 1.82) is 5.26 Å². The van der Waals surface area contributed by atoms with Gasteiger partial charge in [-0.25, -0.2) is 0 Å². The van der Waals surface area contributed by atoms with Gasteiger partial charge in [-0.3, -0.25) is 0 Å². The van der Waals surface area contributed by atoms with Gasteiger partial charge in [0.25, 0.3) is 0 Å². The van der Waals surface area contributed by atoms with Crippen LogP contribution in [0.1, 0.15) is 19.4 Å². The molecule has 2 heterocycles. The lowest BCUT2D eigenvalue weighted by molar-refractivity contribution is -0.209. The molecule has 6 nitrogen and oxygen atoms in total. The van der Waals surface area contributed by atoms with Crippen LogP contribution in [-0.4, -0.2) is 48.0 Å². The largest absolute Gasteiger partial charge is 0.392 e. The molecule has 2 fully saturated rings. The number of ether oxygens (including phenoxy) is 4. The molecule has 0 saturated carbocycles. The number of aliphatic hydroxyl groups excluding tert-OH is 1. The van der Waals surface area contributed by atoms with Crippen molar-refractivity contribution in [2.24, 2.45) is 0 Å². The molecule has 4 atom stereocenters. The van der Waals surface area contributed by atoms with Crippen LogP contribution in [0.25, 0.3) is 0 Å². The molecule has 6 heteroatoms. The number of benzene rings is 1. The molecule has 0 amide bonds. The molecular formula is C17H21NO5. The lowest BCUT2D eigenvalue weighted by Gasteiger charge is -2.27. The van der Waals surface area contributed by atoms with Crippen LogP contribution in [0.3, 0.4) is 0 Å². The van der Waals surface area contributed by atoms with E-state index in [1.54, 1.807) is 13.8 Å². The molecule has 2 aliphatic heterocycles. The van der Waals surface area contributed by atoms with E-state index in [1.807, 2.05) is 36.4 Å². The van der Waals surface area contributed by atoms with E-state index >= 15 is 0 Å². The quantitative estimate of drug-likeness (QED) is 0.883. The summed E-state index contributed by atoms with van der Waals surface area (Å²) in [6.07, 6.45) is -1.53. The predicted molar refractivity (Wildman–Crippen MR) is 80.2 cm³/mol. The predicted octanol–water partition coefficient (Wildman–Crippen LogP) is 1.38. The molecule has 1 aromatic rings. The highest BCUT2D eigenvalue weighted by Crippen LogP contribution is 2.43. The van der Waals surface area contributed by atoms with E-state index in [0.717, 1.165) is 5.56 Å². The lowest BCUT2D eigenvalue weighted by Crippen LogP contribution is -2.45. The molecule has 2 saturated heterocycles. The molecule has 0 unspecified atom stereocenters. The Morgan fingerprint density at radius 1 is 1.22 bits per heavy atom. The zero-order valence-electron chi connectivity index (χ0n) is 13.3. The van der Waals surface area contributed by atoms with Gasteiger partial charge in [-0.05, 0) is 19.4 Å². The molecule has 1 N–H and O–H groups in total. The highest BCUT2D eigenvalue weighted by Gasteiger charge is 2.63. The second kappa shape index (κ2) is 6.19. The van der Waals surface area contributed by atoms with Gasteiger partial charge in [0, 0.05) is 0 Å². The van der Waals surface area contributed by atoms with Gasteiger partial charge in [0.2, 0.25) is 5.60 Å². The summed E-state index contributed by atoms with van der Waals surface area (Å²) >= 11 is 0. The third kappa shape index (κ3) is 3.11. The van der Waals surface area contributed by atoms with Gasteiger partial charge in [-0.15, -0.1) is 0 Å². The van der Waals surface area contributed by atoms with Crippen LogP contribution in [0.15, 0.2) is 30.3 Å². The van der Waals surface area contributed by atoms with E-state index in [-0.39, 0.29) is 6.61 Å². The first kappa shape index (κ1) is 16.4. The summed E-state index contributed by atoms with van der Waals surface area (Å²) in [6, 6.07) is 11.8. The van der Waals surface area contributed by atoms with E-state index in [2.05, 4.69) is 0 Å². The van der Waals surface area contributed by atoms with E-state index < -0.39 is 36.3 Å². The Morgan fingerprint density at radius 3 is 2.61 bits per heavy atom. The first-order chi connectivity index (χ1) is 11.0. The topological polar surface area (TPSA) is 80.9 Å². The summed E-state index contributed by atoms with van der Waals surface area (Å²) in [4.78, 5) is 0. The summed E-state index contributed by atoms with van der Waals surface area (Å²) in [5, 5.41) is 19.1. The minimum Gasteiger partial charge on any atom is -0.392 e. The average molecular weight is 319 g/mol. The van der Waals surface area contributed by atoms with Crippen LogP contribution in [0, 0.1) is 11.3 Å². The number of nitrogens with zero attached hydrogens (tertiary/aromatic N) is 1. The van der Waals surface area contributed by atoms with Crippen molar-refractivity contribution in [2.45, 2.75) is 50.2 Å². The minimum absolute atomic E-state index is 0.263. The van der Waals surface area contributed by atoms with Gasteiger partial charge in [0.15, 0.2) is 5.79 Å². The third-order valence-electron chi connectivity index (χ3n) is 4.13. The number of nitriles is 1. The normalized spacial score (nSPS) is 35.0. The number of rotatable bonds is 5. The maximum atomic E-state index is 9.63. The zero-order valence-corrected chi connectivity index (χ0v) is 13.3. The monoisotopic (exact) mass is 319 g/mol. The van der Waals surface area contributed by atoms with Gasteiger partial charge in [-0.1, -0.05) is 30.3 Å². The first-order valence-electron chi connectivity index (χ1n) is 7.67. The van der Waals surface area contributed by atoms with Gasteiger partial charge < -0.3 is 24.1 Å². The van der Waals surface area contributed by atoms with Crippen molar-refractivity contribution in [3.05, 3.63) is 35.9 Å². The molecule has 3 rings (SSSR count). The summed E-state index contributed by atoms with van der Waals surface area (Å²) < 4.78 is 23.1. The molecule has 0 bridgehead atoms. The SMILES string of the molecule is CC1(C)O[C@H]2[C@@H](O1)[C@](C#N)(CO)O[C@@H]2COCc1ccccc1. The van der Waals surface area contributed by atoms with Crippen molar-refractivity contribution in [3.8, 4) is 6.07 Å². The van der Waals surface area contributed by atoms with Gasteiger partial charge in [-0.2, -0.15) is 5.26 Å². The van der Waals surface area contributed by atoms with Gasteiger partial charge in [0.1, 0.15) is 24.4 Å². The van der Waals surface area contributed by atoms with Gasteiger partial charge in [0.05, 0.1) is 19.8 Å². The van der Waals surface area contributed by atoms with Crippen LogP contribution >= 0.6 is 0 Å². The third-order valence-corrected chi connectivity index (χ3v) is 4.13. The standard InChI is InChI=1S/C17H21NO5/c1-16(2)22-14-13(9-20-8-12-6-4-3-5-7-12)21-17(10-18,11-19)15(14)23-16/h3-7,13-15,19H,8-9,11H2,1-2H3/t13-,14-,15-,17+/m1/s1. The van der Waals surface area contributed by atoms with Crippen molar-refractivity contribution in [1.82, 2.24) is 0 Å². The van der Waals surface area contributed by atoms with Crippen molar-refractivity contribution >= 4 is 0 Å². The van der Waals surface area contributed by atoms with Crippen LogP contribution in [0.2, 0.25) is 0 Å². The van der Waals surface area contributed by atoms with Crippen molar-refractivity contribution in [2.75, 3.05) is 13.2 Å². The highest BCUT2D eigenvalue weighted by atomic mass is 16.8. The Bertz CT molecular complexity index is 584. The fourth-order valence-corrected chi connectivity index (χ4v) is 3.07. The summed E-state index contributed by atoms with van der Waals surface area (Å²) in [5.74, 6) is -0.811. The maximum Gasteiger partial charge on any atom is 0.206 e. The van der Waals surface area contributed by atoms with Crippen LogP contribution < -0.4 is 0 Å². The average Bonchev–Trinajstić information content (AvgIpc) is 3.01. The number of fused-ring (bicyclic) bond motifs is 1. The molecule has 0 aromatic heterocycles. The lowest BCUT2D eigenvalue weighted by atomic mass is 9.97. The van der Waals surface area contributed by atoms with E-state index in [4.69, 9.17) is 18.9 Å². The number of hydrogen-bond donors (Lipinski definition) is 1. The number of hydrogen-bond acceptors (Lipinski definition) is 6. The molecular weight excluding hydrogens is 298 g/mol. The maximum absolute atomic E-state index is 9.63. The molecule has 0 radical (unpaired) electrons. The first-order valence-corrected chi connectivity index (χ1v) is 7.67. The smallest absolute Gasteiger partial charge is 0.206 e. The van der Waals surface area contributed by atoms with Crippen LogP contribution in [0.4, 0.5) is 0 Å². The Balaban J connectivity index is 1.67. The molecule has 1 aromatic carbocycles. The molecule has 23 heavy (non-hydrogen) atoms. The van der Waals surface area contributed by atoms with Crippen molar-refractivity contribution in [3.63, 3.8) is 0 Å². The molecule has 0 spiro atoms. The zero-order chi connectivity index (χ0) is 16.5. The minimum atomic E-state index is -1.40. The van der Waals surface area contributed by atoms with E-state index in [0.29, 0.717) is 6.61 Å². The Kier molecular flexibility index (Phi) is 4.41. The second-order valence-electron chi connectivity index (χ2n) is 6.34. The number of aliphatic hydroxyl groups is 1. The van der Waals surface area contributed by atoms with Gasteiger partial charge >= 0.3 is 0 Å². The van der Waals surface area contributed by atoms with Crippen LogP contribution in [0.5, 0.6) is 0 Å². The summed E-state index contributed by atoms with van der Waals surface area (Å²) in [5.41, 5.74) is -0.348.